The normalized spacial score (nSPS) is 20.0. The lowest BCUT2D eigenvalue weighted by molar-refractivity contribution is 0.0236. The van der Waals surface area contributed by atoms with Crippen LogP contribution in [0.4, 0.5) is 0 Å². The Balaban J connectivity index is 2.26. The van der Waals surface area contributed by atoms with Crippen LogP contribution in [0.2, 0.25) is 5.02 Å². The van der Waals surface area contributed by atoms with Gasteiger partial charge in [-0.05, 0) is 18.2 Å². The van der Waals surface area contributed by atoms with Gasteiger partial charge >= 0.3 is 0 Å². The molecule has 4 nitrogen and oxygen atoms in total. The van der Waals surface area contributed by atoms with Crippen LogP contribution in [0.3, 0.4) is 0 Å². The Hall–Kier alpha value is -1.10. The summed E-state index contributed by atoms with van der Waals surface area (Å²) >= 11 is 5.95. The molecule has 1 aromatic heterocycles. The highest BCUT2D eigenvalue weighted by atomic mass is 35.5. The molecule has 0 unspecified atom stereocenters. The number of hydrogen-bond acceptors (Lipinski definition) is 3. The maximum atomic E-state index is 5.95. The highest BCUT2D eigenvalue weighted by Crippen LogP contribution is 2.30. The van der Waals surface area contributed by atoms with E-state index in [4.69, 9.17) is 22.1 Å². The topological polar surface area (TPSA) is 53.1 Å². The summed E-state index contributed by atoms with van der Waals surface area (Å²) in [5.41, 5.74) is 7.68. The quantitative estimate of drug-likeness (QED) is 0.822. The first-order chi connectivity index (χ1) is 7.79. The largest absolute Gasteiger partial charge is 0.369 e. The molecular formula is C11H12ClN3O. The van der Waals surface area contributed by atoms with Gasteiger partial charge in [-0.2, -0.15) is 5.10 Å². The van der Waals surface area contributed by atoms with E-state index in [1.807, 2.05) is 22.9 Å². The highest BCUT2D eigenvalue weighted by molar-refractivity contribution is 6.31. The Morgan fingerprint density at radius 2 is 2.44 bits per heavy atom. The van der Waals surface area contributed by atoms with E-state index < -0.39 is 0 Å². The van der Waals surface area contributed by atoms with Crippen LogP contribution in [0.1, 0.15) is 11.8 Å². The zero-order chi connectivity index (χ0) is 11.1. The van der Waals surface area contributed by atoms with Crippen LogP contribution < -0.4 is 5.73 Å². The SMILES string of the molecule is NC[C@H]1OCCn2nc3cc(Cl)ccc3c21. The average molecular weight is 238 g/mol. The number of rotatable bonds is 1. The maximum absolute atomic E-state index is 5.95. The summed E-state index contributed by atoms with van der Waals surface area (Å²) in [6.07, 6.45) is -0.0556. The number of ether oxygens (including phenoxy) is 1. The molecule has 0 aliphatic carbocycles. The maximum Gasteiger partial charge on any atom is 0.112 e. The molecule has 3 rings (SSSR count). The third-order valence-electron chi connectivity index (χ3n) is 2.88. The number of benzene rings is 1. The molecule has 2 N–H and O–H groups in total. The van der Waals surface area contributed by atoms with Crippen molar-refractivity contribution in [1.29, 1.82) is 0 Å². The Morgan fingerprint density at radius 1 is 1.56 bits per heavy atom. The molecule has 2 aromatic rings. The zero-order valence-electron chi connectivity index (χ0n) is 8.69. The van der Waals surface area contributed by atoms with Crippen LogP contribution in [0.15, 0.2) is 18.2 Å². The second-order valence-electron chi connectivity index (χ2n) is 3.86. The minimum Gasteiger partial charge on any atom is -0.369 e. The highest BCUT2D eigenvalue weighted by Gasteiger charge is 2.24. The van der Waals surface area contributed by atoms with Gasteiger partial charge in [0.2, 0.25) is 0 Å². The smallest absolute Gasteiger partial charge is 0.112 e. The van der Waals surface area contributed by atoms with Crippen molar-refractivity contribution in [3.05, 3.63) is 28.9 Å². The summed E-state index contributed by atoms with van der Waals surface area (Å²) in [7, 11) is 0. The second-order valence-corrected chi connectivity index (χ2v) is 4.30. The van der Waals surface area contributed by atoms with Gasteiger partial charge in [0.25, 0.3) is 0 Å². The zero-order valence-corrected chi connectivity index (χ0v) is 9.44. The van der Waals surface area contributed by atoms with Crippen molar-refractivity contribution in [2.75, 3.05) is 13.2 Å². The molecule has 0 bridgehead atoms. The molecule has 84 valence electrons. The summed E-state index contributed by atoms with van der Waals surface area (Å²) in [5.74, 6) is 0. The number of nitrogens with zero attached hydrogens (tertiary/aromatic N) is 2. The predicted molar refractivity (Wildman–Crippen MR) is 62.5 cm³/mol. The minimum atomic E-state index is -0.0556. The standard InChI is InChI=1S/C11H12ClN3O/c12-7-1-2-8-9(5-7)14-15-3-4-16-10(6-13)11(8)15/h1-2,5,10H,3-4,6,13H2/t10-/m1/s1. The third-order valence-corrected chi connectivity index (χ3v) is 3.12. The predicted octanol–water partition coefficient (Wildman–Crippen LogP) is 1.72. The fourth-order valence-electron chi connectivity index (χ4n) is 2.18. The van der Waals surface area contributed by atoms with Crippen molar-refractivity contribution in [1.82, 2.24) is 9.78 Å². The molecular weight excluding hydrogens is 226 g/mol. The number of hydrogen-bond donors (Lipinski definition) is 1. The fraction of sp³-hybridized carbons (Fsp3) is 0.364. The first-order valence-electron chi connectivity index (χ1n) is 5.27. The Bertz CT molecular complexity index is 537. The summed E-state index contributed by atoms with van der Waals surface area (Å²) in [6, 6.07) is 5.72. The average Bonchev–Trinajstić information content (AvgIpc) is 2.65. The van der Waals surface area contributed by atoms with Crippen LogP contribution in [0, 0.1) is 0 Å². The number of aromatic nitrogens is 2. The molecule has 0 amide bonds. The van der Waals surface area contributed by atoms with Crippen LogP contribution in [0.25, 0.3) is 10.9 Å². The van der Waals surface area contributed by atoms with Gasteiger partial charge in [-0.1, -0.05) is 11.6 Å². The molecule has 16 heavy (non-hydrogen) atoms. The Labute approximate surface area is 97.9 Å². The summed E-state index contributed by atoms with van der Waals surface area (Å²) in [6.45, 7) is 1.91. The van der Waals surface area contributed by atoms with Crippen molar-refractivity contribution in [2.24, 2.45) is 5.73 Å². The molecule has 0 saturated heterocycles. The van der Waals surface area contributed by atoms with Crippen LogP contribution in [0.5, 0.6) is 0 Å². The molecule has 1 atom stereocenters. The number of fused-ring (bicyclic) bond motifs is 3. The van der Waals surface area contributed by atoms with E-state index in [2.05, 4.69) is 5.10 Å². The van der Waals surface area contributed by atoms with Gasteiger partial charge in [0, 0.05) is 17.0 Å². The minimum absolute atomic E-state index is 0.0556. The van der Waals surface area contributed by atoms with Crippen molar-refractivity contribution in [3.63, 3.8) is 0 Å². The van der Waals surface area contributed by atoms with Gasteiger partial charge in [-0.25, -0.2) is 0 Å². The van der Waals surface area contributed by atoms with E-state index >= 15 is 0 Å². The van der Waals surface area contributed by atoms with Crippen molar-refractivity contribution < 1.29 is 4.74 Å². The van der Waals surface area contributed by atoms with Gasteiger partial charge < -0.3 is 10.5 Å². The molecule has 0 fully saturated rings. The van der Waals surface area contributed by atoms with E-state index in [1.165, 1.54) is 0 Å². The number of nitrogens with two attached hydrogens (primary N) is 1. The molecule has 1 aliphatic rings. The first kappa shape index (κ1) is 10.1. The molecule has 5 heteroatoms. The first-order valence-corrected chi connectivity index (χ1v) is 5.65. The van der Waals surface area contributed by atoms with Gasteiger partial charge in [-0.15, -0.1) is 0 Å². The molecule has 0 saturated carbocycles. The van der Waals surface area contributed by atoms with Crippen molar-refractivity contribution in [3.8, 4) is 0 Å². The van der Waals surface area contributed by atoms with Crippen LogP contribution in [-0.4, -0.2) is 22.9 Å². The lowest BCUT2D eigenvalue weighted by Crippen LogP contribution is -2.27. The Morgan fingerprint density at radius 3 is 3.25 bits per heavy atom. The second kappa shape index (κ2) is 3.73. The van der Waals surface area contributed by atoms with Gasteiger partial charge in [-0.3, -0.25) is 4.68 Å². The van der Waals surface area contributed by atoms with E-state index in [0.29, 0.717) is 18.2 Å². The van der Waals surface area contributed by atoms with E-state index in [0.717, 1.165) is 23.1 Å². The van der Waals surface area contributed by atoms with Crippen LogP contribution >= 0.6 is 11.6 Å². The van der Waals surface area contributed by atoms with E-state index in [1.54, 1.807) is 0 Å². The lowest BCUT2D eigenvalue weighted by atomic mass is 10.1. The van der Waals surface area contributed by atoms with Crippen molar-refractivity contribution in [2.45, 2.75) is 12.6 Å². The third kappa shape index (κ3) is 1.42. The molecule has 1 aliphatic heterocycles. The number of halogens is 1. The Kier molecular flexibility index (Phi) is 2.35. The van der Waals surface area contributed by atoms with E-state index in [-0.39, 0.29) is 6.10 Å². The lowest BCUT2D eigenvalue weighted by Gasteiger charge is -2.23. The summed E-state index contributed by atoms with van der Waals surface area (Å²) in [4.78, 5) is 0. The molecule has 0 spiro atoms. The van der Waals surface area contributed by atoms with Gasteiger partial charge in [0.15, 0.2) is 0 Å². The van der Waals surface area contributed by atoms with Gasteiger partial charge in [0.1, 0.15) is 6.10 Å². The monoisotopic (exact) mass is 237 g/mol. The summed E-state index contributed by atoms with van der Waals surface area (Å²) in [5, 5.41) is 6.29. The molecule has 2 heterocycles. The van der Waals surface area contributed by atoms with Gasteiger partial charge in [0.05, 0.1) is 24.4 Å². The fourth-order valence-corrected chi connectivity index (χ4v) is 2.34. The van der Waals surface area contributed by atoms with Crippen LogP contribution in [-0.2, 0) is 11.3 Å². The van der Waals surface area contributed by atoms with Crippen molar-refractivity contribution >= 4 is 22.5 Å². The summed E-state index contributed by atoms with van der Waals surface area (Å²) < 4.78 is 7.61. The molecule has 1 aromatic carbocycles. The van der Waals surface area contributed by atoms with E-state index in [9.17, 15) is 0 Å². The molecule has 0 radical (unpaired) electrons.